The zero-order chi connectivity index (χ0) is 27.4. The molecular formula is C36H71N. The summed E-state index contributed by atoms with van der Waals surface area (Å²) in [5.74, 6) is 8.67. The fraction of sp³-hybridized carbons (Fsp3) is 1.00. The van der Waals surface area contributed by atoms with Crippen LogP contribution in [0.3, 0.4) is 0 Å². The lowest BCUT2D eigenvalue weighted by Crippen LogP contribution is -2.36. The van der Waals surface area contributed by atoms with Crippen LogP contribution in [0.2, 0.25) is 0 Å². The molecule has 0 saturated heterocycles. The van der Waals surface area contributed by atoms with Crippen molar-refractivity contribution in [1.82, 2.24) is 0 Å². The van der Waals surface area contributed by atoms with Crippen molar-refractivity contribution in [3.8, 4) is 0 Å². The molecule has 0 spiro atoms. The first-order valence-corrected chi connectivity index (χ1v) is 17.4. The van der Waals surface area contributed by atoms with Gasteiger partial charge in [0.1, 0.15) is 0 Å². The largest absolute Gasteiger partial charge is 0.327 e. The van der Waals surface area contributed by atoms with Crippen LogP contribution in [0.1, 0.15) is 165 Å². The molecule has 1 heteroatoms. The van der Waals surface area contributed by atoms with Crippen LogP contribution >= 0.6 is 0 Å². The van der Waals surface area contributed by atoms with Gasteiger partial charge in [0.05, 0.1) is 0 Å². The molecule has 1 nitrogen and oxygen atoms in total. The summed E-state index contributed by atoms with van der Waals surface area (Å²) >= 11 is 0. The van der Waals surface area contributed by atoms with Gasteiger partial charge in [-0.25, -0.2) is 0 Å². The Labute approximate surface area is 235 Å². The molecule has 4 unspecified atom stereocenters. The molecule has 2 aliphatic carbocycles. The predicted molar refractivity (Wildman–Crippen MR) is 167 cm³/mol. The Morgan fingerprint density at radius 2 is 1.27 bits per heavy atom. The lowest BCUT2D eigenvalue weighted by Gasteiger charge is -2.43. The van der Waals surface area contributed by atoms with E-state index in [1.165, 1.54) is 109 Å². The molecule has 0 aromatic heterocycles. The minimum atomic E-state index is 0.378. The standard InChI is InChI=1S/C36H71N/c1-26(2)28(5)22-23-29(6)31(8)35(37)21-15-20-34-25-33(24-30(7)36(34)27(3)4)19-14-10-13-18-32-16-11-9-12-17-32/h26-36H,9-25,37H2,1-8H3/t28?,29-,30+,31+,33-,34?,35?,36?/m0/s1. The molecule has 0 radical (unpaired) electrons. The van der Waals surface area contributed by atoms with Crippen molar-refractivity contribution in [1.29, 1.82) is 0 Å². The topological polar surface area (TPSA) is 26.0 Å². The molecule has 37 heavy (non-hydrogen) atoms. The molecule has 2 aliphatic rings. The van der Waals surface area contributed by atoms with Crippen molar-refractivity contribution in [2.24, 2.45) is 64.9 Å². The summed E-state index contributed by atoms with van der Waals surface area (Å²) in [6, 6.07) is 0.378. The van der Waals surface area contributed by atoms with Gasteiger partial charge in [-0.15, -0.1) is 0 Å². The lowest BCUT2D eigenvalue weighted by molar-refractivity contribution is 0.0658. The van der Waals surface area contributed by atoms with Gasteiger partial charge in [-0.2, -0.15) is 0 Å². The highest BCUT2D eigenvalue weighted by Gasteiger charge is 2.36. The second-order valence-electron chi connectivity index (χ2n) is 15.3. The van der Waals surface area contributed by atoms with Crippen molar-refractivity contribution in [2.75, 3.05) is 0 Å². The third kappa shape index (κ3) is 11.9. The van der Waals surface area contributed by atoms with Crippen molar-refractivity contribution in [3.63, 3.8) is 0 Å². The van der Waals surface area contributed by atoms with Crippen molar-refractivity contribution in [2.45, 2.75) is 171 Å². The summed E-state index contributed by atoms with van der Waals surface area (Å²) < 4.78 is 0. The Balaban J connectivity index is 1.73. The normalized spacial score (nSPS) is 28.9. The smallest absolute Gasteiger partial charge is 0.00670 e. The summed E-state index contributed by atoms with van der Waals surface area (Å²) in [6.07, 6.45) is 24.7. The minimum absolute atomic E-state index is 0.378. The average molecular weight is 518 g/mol. The van der Waals surface area contributed by atoms with Crippen molar-refractivity contribution < 1.29 is 0 Å². The third-order valence-corrected chi connectivity index (χ3v) is 11.7. The molecule has 0 aromatic carbocycles. The Morgan fingerprint density at radius 1 is 0.649 bits per heavy atom. The van der Waals surface area contributed by atoms with Crippen molar-refractivity contribution >= 4 is 0 Å². The molecule has 2 saturated carbocycles. The molecule has 220 valence electrons. The molecule has 2 N–H and O–H groups in total. The average Bonchev–Trinajstić information content (AvgIpc) is 2.86. The molecule has 8 atom stereocenters. The summed E-state index contributed by atoms with van der Waals surface area (Å²) in [7, 11) is 0. The van der Waals surface area contributed by atoms with Crippen LogP contribution in [0.15, 0.2) is 0 Å². The maximum atomic E-state index is 6.80. The van der Waals surface area contributed by atoms with Gasteiger partial charge in [0.2, 0.25) is 0 Å². The second kappa shape index (κ2) is 17.6. The lowest BCUT2D eigenvalue weighted by atomic mass is 9.62. The Bertz CT molecular complexity index is 561. The first-order chi connectivity index (χ1) is 17.6. The highest BCUT2D eigenvalue weighted by molar-refractivity contribution is 4.87. The molecule has 0 aliphatic heterocycles. The Kier molecular flexibility index (Phi) is 15.8. The van der Waals surface area contributed by atoms with Gasteiger partial charge in [0.15, 0.2) is 0 Å². The molecule has 2 fully saturated rings. The minimum Gasteiger partial charge on any atom is -0.327 e. The van der Waals surface area contributed by atoms with E-state index < -0.39 is 0 Å². The quantitative estimate of drug-likeness (QED) is 0.191. The maximum absolute atomic E-state index is 6.80. The Morgan fingerprint density at radius 3 is 1.89 bits per heavy atom. The highest BCUT2D eigenvalue weighted by atomic mass is 14.6. The van der Waals surface area contributed by atoms with Crippen molar-refractivity contribution in [3.05, 3.63) is 0 Å². The first-order valence-electron chi connectivity index (χ1n) is 17.4. The van der Waals surface area contributed by atoms with E-state index in [1.807, 2.05) is 0 Å². The summed E-state index contributed by atoms with van der Waals surface area (Å²) in [5.41, 5.74) is 6.80. The second-order valence-corrected chi connectivity index (χ2v) is 15.3. The van der Waals surface area contributed by atoms with Gasteiger partial charge in [-0.1, -0.05) is 145 Å². The maximum Gasteiger partial charge on any atom is 0.00670 e. The molecule has 2 rings (SSSR count). The fourth-order valence-electron chi connectivity index (χ4n) is 8.52. The summed E-state index contributed by atoms with van der Waals surface area (Å²) in [5, 5.41) is 0. The number of nitrogens with two attached hydrogens (primary N) is 1. The monoisotopic (exact) mass is 518 g/mol. The van der Waals surface area contributed by atoms with Crippen LogP contribution in [0.5, 0.6) is 0 Å². The highest BCUT2D eigenvalue weighted by Crippen LogP contribution is 2.46. The van der Waals surface area contributed by atoms with Gasteiger partial charge in [-0.3, -0.25) is 0 Å². The zero-order valence-corrected chi connectivity index (χ0v) is 26.9. The molecule has 0 amide bonds. The van der Waals surface area contributed by atoms with E-state index in [0.717, 1.165) is 53.3 Å². The number of hydrogen-bond acceptors (Lipinski definition) is 1. The van der Waals surface area contributed by atoms with E-state index in [1.54, 1.807) is 0 Å². The van der Waals surface area contributed by atoms with Gasteiger partial charge < -0.3 is 5.73 Å². The number of unbranched alkanes of at least 4 members (excludes halogenated alkanes) is 2. The van der Waals surface area contributed by atoms with Gasteiger partial charge in [0.25, 0.3) is 0 Å². The summed E-state index contributed by atoms with van der Waals surface area (Å²) in [6.45, 7) is 19.6. The van der Waals surface area contributed by atoms with Crippen LogP contribution in [0.4, 0.5) is 0 Å². The molecular weight excluding hydrogens is 446 g/mol. The number of rotatable bonds is 17. The van der Waals surface area contributed by atoms with Crippen LogP contribution in [0, 0.1) is 59.2 Å². The molecule has 0 aromatic rings. The first kappa shape index (κ1) is 33.2. The van der Waals surface area contributed by atoms with E-state index in [9.17, 15) is 0 Å². The van der Waals surface area contributed by atoms with Crippen LogP contribution in [0.25, 0.3) is 0 Å². The van der Waals surface area contributed by atoms with Crippen LogP contribution in [-0.4, -0.2) is 6.04 Å². The van der Waals surface area contributed by atoms with Crippen LogP contribution in [-0.2, 0) is 0 Å². The van der Waals surface area contributed by atoms with E-state index in [4.69, 9.17) is 5.73 Å². The van der Waals surface area contributed by atoms with E-state index in [-0.39, 0.29) is 0 Å². The van der Waals surface area contributed by atoms with Gasteiger partial charge in [-0.05, 0) is 78.4 Å². The predicted octanol–water partition coefficient (Wildman–Crippen LogP) is 11.3. The Hall–Kier alpha value is -0.0400. The van der Waals surface area contributed by atoms with Crippen LogP contribution < -0.4 is 5.73 Å². The number of hydrogen-bond donors (Lipinski definition) is 1. The molecule has 0 heterocycles. The third-order valence-electron chi connectivity index (χ3n) is 11.7. The van der Waals surface area contributed by atoms with E-state index in [2.05, 4.69) is 55.4 Å². The zero-order valence-electron chi connectivity index (χ0n) is 26.9. The SMILES string of the molecule is CC(C)C(C)CC[C@H](C)[C@@H](C)C(N)CCCC1C[C@@H](CCCCCC2CCCCC2)C[C@@H](C)C1C(C)C. The van der Waals surface area contributed by atoms with Gasteiger partial charge >= 0.3 is 0 Å². The van der Waals surface area contributed by atoms with E-state index in [0.29, 0.717) is 12.0 Å². The molecule has 0 bridgehead atoms. The van der Waals surface area contributed by atoms with E-state index >= 15 is 0 Å². The summed E-state index contributed by atoms with van der Waals surface area (Å²) in [4.78, 5) is 0. The fourth-order valence-corrected chi connectivity index (χ4v) is 8.52. The van der Waals surface area contributed by atoms with Gasteiger partial charge in [0, 0.05) is 6.04 Å².